The Labute approximate surface area is 183 Å². The van der Waals surface area contributed by atoms with E-state index in [0.29, 0.717) is 5.56 Å². The highest BCUT2D eigenvalue weighted by atomic mass is 16.5. The molecule has 6 heteroatoms. The van der Waals surface area contributed by atoms with Crippen LogP contribution in [-0.2, 0) is 10.3 Å². The number of anilines is 1. The molecule has 1 aliphatic rings. The van der Waals surface area contributed by atoms with Gasteiger partial charge in [-0.1, -0.05) is 57.9 Å². The Balaban J connectivity index is 2.12. The summed E-state index contributed by atoms with van der Waals surface area (Å²) in [4.78, 5) is 39.6. The predicted octanol–water partition coefficient (Wildman–Crippen LogP) is 4.37. The van der Waals surface area contributed by atoms with E-state index in [-0.39, 0.29) is 40.9 Å². The van der Waals surface area contributed by atoms with Crippen LogP contribution in [-0.4, -0.2) is 24.6 Å². The number of hydrogen-bond acceptors (Lipinski definition) is 6. The quantitative estimate of drug-likeness (QED) is 0.215. The number of ether oxygens (including phenoxy) is 1. The normalized spacial score (nSPS) is 17.8. The number of ketones is 2. The molecule has 3 rings (SSSR count). The minimum atomic E-state index is -1.69. The first-order valence-corrected chi connectivity index (χ1v) is 10.8. The van der Waals surface area contributed by atoms with Crippen molar-refractivity contribution in [2.24, 2.45) is 0 Å². The molecule has 0 radical (unpaired) electrons. The van der Waals surface area contributed by atoms with Gasteiger partial charge in [0.15, 0.2) is 17.1 Å². The molecule has 0 saturated carbocycles. The fourth-order valence-electron chi connectivity index (χ4n) is 4.10. The zero-order chi connectivity index (χ0) is 22.8. The number of unbranched alkanes of at least 4 members (excludes halogenated alkanes) is 2. The maximum absolute atomic E-state index is 13.5. The van der Waals surface area contributed by atoms with Crippen molar-refractivity contribution in [3.8, 4) is 5.75 Å². The highest BCUT2D eigenvalue weighted by molar-refractivity contribution is 6.34. The number of rotatable bonds is 8. The molecular formula is C25H30N2O4. The van der Waals surface area contributed by atoms with Crippen molar-refractivity contribution in [3.05, 3.63) is 58.7 Å². The number of carbonyl (C=O) groups excluding carboxylic acids is 3. The first kappa shape index (κ1) is 22.7. The molecule has 0 aliphatic heterocycles. The third kappa shape index (κ3) is 3.88. The van der Waals surface area contributed by atoms with Crippen molar-refractivity contribution < 1.29 is 19.1 Å². The number of Topliss-reactive ketones (excluding diaryl/α,β-unsaturated/α-hetero) is 2. The number of nitrogen functional groups attached to an aromatic ring is 1. The van der Waals surface area contributed by atoms with Gasteiger partial charge in [0.1, 0.15) is 5.75 Å². The van der Waals surface area contributed by atoms with Gasteiger partial charge in [-0.25, -0.2) is 0 Å². The van der Waals surface area contributed by atoms with Gasteiger partial charge in [0.25, 0.3) is 0 Å². The van der Waals surface area contributed by atoms with E-state index in [1.54, 1.807) is 37.4 Å². The van der Waals surface area contributed by atoms with Crippen molar-refractivity contribution in [1.29, 1.82) is 0 Å². The SMILES string of the molecule is CCCCCC(=O)Oc1cc(C(C)C)ccc1C1(NC)C(=O)c2cccc(N)c2C1=O. The molecule has 1 unspecified atom stereocenters. The monoisotopic (exact) mass is 422 g/mol. The fourth-order valence-corrected chi connectivity index (χ4v) is 4.10. The molecule has 0 saturated heterocycles. The summed E-state index contributed by atoms with van der Waals surface area (Å²) in [6.07, 6.45) is 2.93. The van der Waals surface area contributed by atoms with Gasteiger partial charge >= 0.3 is 5.97 Å². The van der Waals surface area contributed by atoms with E-state index in [2.05, 4.69) is 12.2 Å². The summed E-state index contributed by atoms with van der Waals surface area (Å²) in [7, 11) is 1.56. The average molecular weight is 423 g/mol. The lowest BCUT2D eigenvalue weighted by Gasteiger charge is -2.28. The van der Waals surface area contributed by atoms with Gasteiger partial charge in [0, 0.05) is 23.2 Å². The maximum atomic E-state index is 13.5. The Hall–Kier alpha value is -2.99. The predicted molar refractivity (Wildman–Crippen MR) is 121 cm³/mol. The van der Waals surface area contributed by atoms with Crippen LogP contribution in [0.25, 0.3) is 0 Å². The number of likely N-dealkylation sites (N-methyl/N-ethyl adjacent to an activating group) is 1. The summed E-state index contributed by atoms with van der Waals surface area (Å²) < 4.78 is 5.73. The number of fused-ring (bicyclic) bond motifs is 1. The molecule has 0 amide bonds. The van der Waals surface area contributed by atoms with Crippen LogP contribution >= 0.6 is 0 Å². The van der Waals surface area contributed by atoms with E-state index in [9.17, 15) is 14.4 Å². The van der Waals surface area contributed by atoms with Crippen LogP contribution in [0.4, 0.5) is 5.69 Å². The average Bonchev–Trinajstić information content (AvgIpc) is 2.96. The molecular weight excluding hydrogens is 392 g/mol. The Morgan fingerprint density at radius 1 is 1.13 bits per heavy atom. The van der Waals surface area contributed by atoms with E-state index < -0.39 is 17.1 Å². The smallest absolute Gasteiger partial charge is 0.311 e. The minimum Gasteiger partial charge on any atom is -0.426 e. The van der Waals surface area contributed by atoms with Gasteiger partial charge in [0.05, 0.1) is 5.56 Å². The van der Waals surface area contributed by atoms with E-state index >= 15 is 0 Å². The Bertz CT molecular complexity index is 1030. The van der Waals surface area contributed by atoms with Gasteiger partial charge in [-0.15, -0.1) is 0 Å². The van der Waals surface area contributed by atoms with E-state index in [0.717, 1.165) is 24.8 Å². The van der Waals surface area contributed by atoms with Gasteiger partial charge < -0.3 is 10.5 Å². The lowest BCUT2D eigenvalue weighted by atomic mass is 9.83. The molecule has 0 bridgehead atoms. The largest absolute Gasteiger partial charge is 0.426 e. The molecule has 3 N–H and O–H groups in total. The number of nitrogens with one attached hydrogen (secondary N) is 1. The molecule has 31 heavy (non-hydrogen) atoms. The second-order valence-corrected chi connectivity index (χ2v) is 8.27. The molecule has 6 nitrogen and oxygen atoms in total. The van der Waals surface area contributed by atoms with Crippen molar-refractivity contribution in [2.75, 3.05) is 12.8 Å². The van der Waals surface area contributed by atoms with Gasteiger partial charge in [-0.2, -0.15) is 0 Å². The third-order valence-electron chi connectivity index (χ3n) is 5.91. The fraction of sp³-hybridized carbons (Fsp3) is 0.400. The van der Waals surface area contributed by atoms with E-state index in [4.69, 9.17) is 10.5 Å². The van der Waals surface area contributed by atoms with Crippen molar-refractivity contribution in [3.63, 3.8) is 0 Å². The summed E-state index contributed by atoms with van der Waals surface area (Å²) in [5.74, 6) is -0.802. The van der Waals surface area contributed by atoms with Crippen LogP contribution in [0.3, 0.4) is 0 Å². The van der Waals surface area contributed by atoms with Crippen LogP contribution in [0.1, 0.15) is 84.2 Å². The molecule has 2 aromatic rings. The molecule has 2 aromatic carbocycles. The summed E-state index contributed by atoms with van der Waals surface area (Å²) in [5.41, 5.74) is 6.36. The lowest BCUT2D eigenvalue weighted by Crippen LogP contribution is -2.50. The number of benzene rings is 2. The topological polar surface area (TPSA) is 98.5 Å². The van der Waals surface area contributed by atoms with Crippen LogP contribution in [0.2, 0.25) is 0 Å². The Morgan fingerprint density at radius 3 is 2.48 bits per heavy atom. The summed E-state index contributed by atoms with van der Waals surface area (Å²) in [6.45, 7) is 6.11. The lowest BCUT2D eigenvalue weighted by molar-refractivity contribution is -0.134. The summed E-state index contributed by atoms with van der Waals surface area (Å²) in [6, 6.07) is 10.2. The highest BCUT2D eigenvalue weighted by Crippen LogP contribution is 2.43. The first-order chi connectivity index (χ1) is 14.8. The molecule has 0 heterocycles. The van der Waals surface area contributed by atoms with Crippen molar-refractivity contribution in [1.82, 2.24) is 5.32 Å². The Kier molecular flexibility index (Phi) is 6.60. The number of esters is 1. The van der Waals surface area contributed by atoms with Crippen molar-refractivity contribution >= 4 is 23.2 Å². The zero-order valence-corrected chi connectivity index (χ0v) is 18.6. The molecule has 0 fully saturated rings. The Morgan fingerprint density at radius 2 is 1.87 bits per heavy atom. The molecule has 0 spiro atoms. The van der Waals surface area contributed by atoms with Crippen LogP contribution in [0.15, 0.2) is 36.4 Å². The van der Waals surface area contributed by atoms with Gasteiger partial charge in [0.2, 0.25) is 0 Å². The molecule has 1 aliphatic carbocycles. The van der Waals surface area contributed by atoms with Crippen LogP contribution < -0.4 is 15.8 Å². The van der Waals surface area contributed by atoms with Crippen LogP contribution in [0, 0.1) is 0 Å². The van der Waals surface area contributed by atoms with Gasteiger partial charge in [-0.3, -0.25) is 19.7 Å². The second kappa shape index (κ2) is 9.02. The first-order valence-electron chi connectivity index (χ1n) is 10.8. The summed E-state index contributed by atoms with van der Waals surface area (Å²) in [5, 5.41) is 2.94. The number of nitrogens with two attached hydrogens (primary N) is 1. The summed E-state index contributed by atoms with van der Waals surface area (Å²) >= 11 is 0. The minimum absolute atomic E-state index is 0.181. The maximum Gasteiger partial charge on any atom is 0.311 e. The molecule has 0 aromatic heterocycles. The van der Waals surface area contributed by atoms with Crippen LogP contribution in [0.5, 0.6) is 5.75 Å². The molecule has 164 valence electrons. The van der Waals surface area contributed by atoms with Gasteiger partial charge in [-0.05, 0) is 37.1 Å². The zero-order valence-electron chi connectivity index (χ0n) is 18.6. The van der Waals surface area contributed by atoms with E-state index in [1.165, 1.54) is 0 Å². The second-order valence-electron chi connectivity index (χ2n) is 8.27. The molecule has 1 atom stereocenters. The van der Waals surface area contributed by atoms with Crippen molar-refractivity contribution in [2.45, 2.75) is 57.9 Å². The number of hydrogen-bond donors (Lipinski definition) is 2. The number of carbonyl (C=O) groups is 3. The highest BCUT2D eigenvalue weighted by Gasteiger charge is 2.55. The van der Waals surface area contributed by atoms with E-state index in [1.807, 2.05) is 19.9 Å². The standard InChI is InChI=1S/C25H30N2O4/c1-5-6-7-11-21(28)31-20-14-16(15(2)3)12-13-18(20)25(27-4)23(29)17-9-8-10-19(26)22(17)24(25)30/h8-10,12-15,27H,5-7,11,26H2,1-4H3. The third-order valence-corrected chi connectivity index (χ3v) is 5.91.